The topological polar surface area (TPSA) is 49.8 Å². The Morgan fingerprint density at radius 3 is 2.44 bits per heavy atom. The summed E-state index contributed by atoms with van der Waals surface area (Å²) in [7, 11) is 3.60. The van der Waals surface area contributed by atoms with Crippen molar-refractivity contribution in [3.05, 3.63) is 0 Å². The van der Waals surface area contributed by atoms with Crippen molar-refractivity contribution < 1.29 is 14.6 Å². The van der Waals surface area contributed by atoms with Crippen molar-refractivity contribution in [2.45, 2.75) is 57.2 Å². The summed E-state index contributed by atoms with van der Waals surface area (Å²) in [4.78, 5) is 13.2. The highest BCUT2D eigenvalue weighted by molar-refractivity contribution is 5.77. The number of aliphatic carboxylic acids is 1. The van der Waals surface area contributed by atoms with E-state index < -0.39 is 11.5 Å². The molecule has 0 aromatic heterocycles. The number of hydrogen-bond acceptors (Lipinski definition) is 3. The predicted molar refractivity (Wildman–Crippen MR) is 62.5 cm³/mol. The van der Waals surface area contributed by atoms with Gasteiger partial charge in [0.1, 0.15) is 5.54 Å². The van der Waals surface area contributed by atoms with E-state index in [1.54, 1.807) is 21.0 Å². The van der Waals surface area contributed by atoms with Gasteiger partial charge in [0, 0.05) is 13.2 Å². The fraction of sp³-hybridized carbons (Fsp3) is 0.917. The summed E-state index contributed by atoms with van der Waals surface area (Å²) >= 11 is 0. The maximum absolute atomic E-state index is 11.2. The van der Waals surface area contributed by atoms with Gasteiger partial charge in [0.15, 0.2) is 0 Å². The third-order valence-electron chi connectivity index (χ3n) is 3.87. The number of carbonyl (C=O) groups is 1. The Hall–Kier alpha value is -0.610. The van der Waals surface area contributed by atoms with Crippen molar-refractivity contribution in [1.29, 1.82) is 0 Å². The average Bonchev–Trinajstić information content (AvgIpc) is 2.27. The summed E-state index contributed by atoms with van der Waals surface area (Å²) in [5, 5.41) is 9.22. The van der Waals surface area contributed by atoms with Gasteiger partial charge in [-0.25, -0.2) is 0 Å². The Morgan fingerprint density at radius 2 is 1.94 bits per heavy atom. The smallest absolute Gasteiger partial charge is 0.323 e. The monoisotopic (exact) mass is 229 g/mol. The molecule has 0 aliphatic heterocycles. The van der Waals surface area contributed by atoms with Crippen molar-refractivity contribution in [3.8, 4) is 0 Å². The van der Waals surface area contributed by atoms with E-state index in [0.29, 0.717) is 0 Å². The zero-order chi connectivity index (χ0) is 12.3. The van der Waals surface area contributed by atoms with Crippen LogP contribution in [0.3, 0.4) is 0 Å². The van der Waals surface area contributed by atoms with Crippen LogP contribution in [0.4, 0.5) is 0 Å². The van der Waals surface area contributed by atoms with Crippen molar-refractivity contribution in [2.75, 3.05) is 14.2 Å². The van der Waals surface area contributed by atoms with E-state index in [9.17, 15) is 9.90 Å². The van der Waals surface area contributed by atoms with Crippen LogP contribution < -0.4 is 0 Å². The van der Waals surface area contributed by atoms with E-state index in [0.717, 1.165) is 19.3 Å². The third kappa shape index (κ3) is 2.55. The maximum Gasteiger partial charge on any atom is 0.323 e. The van der Waals surface area contributed by atoms with Gasteiger partial charge >= 0.3 is 5.97 Å². The average molecular weight is 229 g/mol. The highest BCUT2D eigenvalue weighted by Crippen LogP contribution is 2.28. The molecule has 2 unspecified atom stereocenters. The van der Waals surface area contributed by atoms with Crippen LogP contribution in [0.1, 0.15) is 39.5 Å². The van der Waals surface area contributed by atoms with Crippen molar-refractivity contribution in [2.24, 2.45) is 0 Å². The molecule has 1 rings (SSSR count). The van der Waals surface area contributed by atoms with Gasteiger partial charge in [-0.2, -0.15) is 0 Å². The molecule has 1 fully saturated rings. The van der Waals surface area contributed by atoms with Crippen LogP contribution in [0.2, 0.25) is 0 Å². The van der Waals surface area contributed by atoms with Gasteiger partial charge in [-0.1, -0.05) is 12.8 Å². The number of nitrogens with zero attached hydrogens (tertiary/aromatic N) is 1. The van der Waals surface area contributed by atoms with Gasteiger partial charge < -0.3 is 9.84 Å². The Bertz CT molecular complexity index is 253. The van der Waals surface area contributed by atoms with Gasteiger partial charge in [-0.3, -0.25) is 9.69 Å². The van der Waals surface area contributed by atoms with Crippen LogP contribution >= 0.6 is 0 Å². The highest BCUT2D eigenvalue weighted by atomic mass is 16.5. The van der Waals surface area contributed by atoms with Gasteiger partial charge in [-0.15, -0.1) is 0 Å². The molecule has 0 bridgehead atoms. The molecule has 1 aliphatic rings. The van der Waals surface area contributed by atoms with E-state index in [2.05, 4.69) is 0 Å². The second kappa shape index (κ2) is 5.15. The van der Waals surface area contributed by atoms with E-state index in [1.165, 1.54) is 6.42 Å². The molecular weight excluding hydrogens is 206 g/mol. The lowest BCUT2D eigenvalue weighted by Gasteiger charge is -2.43. The zero-order valence-corrected chi connectivity index (χ0v) is 10.7. The lowest BCUT2D eigenvalue weighted by atomic mass is 9.88. The molecule has 1 aliphatic carbocycles. The summed E-state index contributed by atoms with van der Waals surface area (Å²) in [6.45, 7) is 3.49. The summed E-state index contributed by atoms with van der Waals surface area (Å²) in [6.07, 6.45) is 4.55. The molecule has 16 heavy (non-hydrogen) atoms. The molecule has 4 heteroatoms. The normalized spacial score (nSPS) is 27.1. The first-order valence-electron chi connectivity index (χ1n) is 5.90. The summed E-state index contributed by atoms with van der Waals surface area (Å²) < 4.78 is 5.47. The molecular formula is C12H23NO3. The predicted octanol–water partition coefficient (Wildman–Crippen LogP) is 1.74. The molecule has 94 valence electrons. The molecule has 0 radical (unpaired) electrons. The van der Waals surface area contributed by atoms with Crippen LogP contribution in [0.5, 0.6) is 0 Å². The van der Waals surface area contributed by atoms with Gasteiger partial charge in [0.2, 0.25) is 0 Å². The van der Waals surface area contributed by atoms with Crippen LogP contribution in [-0.2, 0) is 9.53 Å². The first-order chi connectivity index (χ1) is 7.41. The third-order valence-corrected chi connectivity index (χ3v) is 3.87. The molecule has 1 N–H and O–H groups in total. The first-order valence-corrected chi connectivity index (χ1v) is 5.90. The fourth-order valence-electron chi connectivity index (χ4n) is 2.36. The van der Waals surface area contributed by atoms with E-state index >= 15 is 0 Å². The van der Waals surface area contributed by atoms with E-state index in [4.69, 9.17) is 4.74 Å². The minimum absolute atomic E-state index is 0.164. The number of carboxylic acids is 1. The molecule has 0 aromatic carbocycles. The quantitative estimate of drug-likeness (QED) is 0.797. The minimum Gasteiger partial charge on any atom is -0.480 e. The van der Waals surface area contributed by atoms with Crippen molar-refractivity contribution >= 4 is 5.97 Å². The molecule has 0 amide bonds. The maximum atomic E-state index is 11.2. The molecule has 4 nitrogen and oxygen atoms in total. The molecule has 0 aromatic rings. The Labute approximate surface area is 97.6 Å². The summed E-state index contributed by atoms with van der Waals surface area (Å²) in [5.74, 6) is -0.782. The molecule has 1 saturated carbocycles. The lowest BCUT2D eigenvalue weighted by molar-refractivity contribution is -0.152. The number of ether oxygens (including phenoxy) is 1. The number of rotatable bonds is 4. The Balaban J connectivity index is 2.77. The largest absolute Gasteiger partial charge is 0.480 e. The standard InChI is InChI=1S/C12H23NO3/c1-12(2,11(14)15)13(3)9-7-5-6-8-10(9)16-4/h9-10H,5-8H2,1-4H3,(H,14,15). The summed E-state index contributed by atoms with van der Waals surface area (Å²) in [6, 6.07) is 0.213. The van der Waals surface area contributed by atoms with Crippen LogP contribution in [-0.4, -0.2) is 47.8 Å². The SMILES string of the molecule is COC1CCCCC1N(C)C(C)(C)C(=O)O. The first kappa shape index (κ1) is 13.5. The van der Waals surface area contributed by atoms with Gasteiger partial charge in [0.25, 0.3) is 0 Å². The van der Waals surface area contributed by atoms with Crippen molar-refractivity contribution in [3.63, 3.8) is 0 Å². The number of methoxy groups -OCH3 is 1. The fourth-order valence-corrected chi connectivity index (χ4v) is 2.36. The number of carboxylic acid groups (broad SMARTS) is 1. The van der Waals surface area contributed by atoms with Crippen molar-refractivity contribution in [1.82, 2.24) is 4.90 Å². The van der Waals surface area contributed by atoms with Gasteiger partial charge in [0.05, 0.1) is 6.10 Å². The molecule has 2 atom stereocenters. The lowest BCUT2D eigenvalue weighted by Crippen LogP contribution is -2.57. The second-order valence-electron chi connectivity index (χ2n) is 5.10. The summed E-state index contributed by atoms with van der Waals surface area (Å²) in [5.41, 5.74) is -0.835. The Morgan fingerprint density at radius 1 is 1.38 bits per heavy atom. The molecule has 0 heterocycles. The molecule has 0 saturated heterocycles. The number of likely N-dealkylation sites (N-methyl/N-ethyl adjacent to an activating group) is 1. The highest BCUT2D eigenvalue weighted by Gasteiger charge is 2.40. The van der Waals surface area contributed by atoms with Crippen LogP contribution in [0, 0.1) is 0 Å². The second-order valence-corrected chi connectivity index (χ2v) is 5.10. The van der Waals surface area contributed by atoms with Crippen LogP contribution in [0.25, 0.3) is 0 Å². The van der Waals surface area contributed by atoms with Gasteiger partial charge in [-0.05, 0) is 33.7 Å². The Kier molecular flexibility index (Phi) is 4.33. The van der Waals surface area contributed by atoms with Crippen LogP contribution in [0.15, 0.2) is 0 Å². The number of hydrogen-bond donors (Lipinski definition) is 1. The van der Waals surface area contributed by atoms with E-state index in [-0.39, 0.29) is 12.1 Å². The minimum atomic E-state index is -0.835. The van der Waals surface area contributed by atoms with E-state index in [1.807, 2.05) is 11.9 Å². The molecule has 0 spiro atoms. The zero-order valence-electron chi connectivity index (χ0n) is 10.7.